The lowest BCUT2D eigenvalue weighted by atomic mass is 10.1. The van der Waals surface area contributed by atoms with Crippen LogP contribution in [-0.4, -0.2) is 43.4 Å². The number of thiophene rings is 1. The minimum Gasteiger partial charge on any atom is -0.356 e. The summed E-state index contributed by atoms with van der Waals surface area (Å²) in [4.78, 5) is 20.1. The Bertz CT molecular complexity index is 829. The summed E-state index contributed by atoms with van der Waals surface area (Å²) >= 11 is 1.80. The predicted molar refractivity (Wildman–Crippen MR) is 132 cm³/mol. The van der Waals surface area contributed by atoms with Crippen LogP contribution >= 0.6 is 35.3 Å². The van der Waals surface area contributed by atoms with Gasteiger partial charge in [0.05, 0.1) is 0 Å². The Morgan fingerprint density at radius 1 is 1.17 bits per heavy atom. The minimum absolute atomic E-state index is 0. The standard InChI is InChI=1S/C22H30N4OS.HI/c1-16-12-17(2)14-18(13-16)4-8-24-22(23-3)25-9-5-21(27)26-10-6-20-19(15-26)7-11-28-20;/h7,11-14H,4-6,8-10,15H2,1-3H3,(H2,23,24,25);1H. The molecule has 29 heavy (non-hydrogen) atoms. The van der Waals surface area contributed by atoms with Gasteiger partial charge in [-0.05, 0) is 49.3 Å². The molecule has 1 aromatic heterocycles. The molecule has 0 saturated carbocycles. The number of guanidine groups is 1. The van der Waals surface area contributed by atoms with E-state index in [2.05, 4.69) is 59.1 Å². The molecule has 7 heteroatoms. The summed E-state index contributed by atoms with van der Waals surface area (Å²) in [5.41, 5.74) is 5.22. The molecule has 0 fully saturated rings. The highest BCUT2D eigenvalue weighted by atomic mass is 127. The third-order valence-electron chi connectivity index (χ3n) is 5.00. The van der Waals surface area contributed by atoms with Gasteiger partial charge in [0.2, 0.25) is 5.91 Å². The van der Waals surface area contributed by atoms with Gasteiger partial charge < -0.3 is 15.5 Å². The number of nitrogens with one attached hydrogen (secondary N) is 2. The molecule has 0 bridgehead atoms. The Morgan fingerprint density at radius 2 is 1.90 bits per heavy atom. The molecule has 0 aliphatic carbocycles. The van der Waals surface area contributed by atoms with Crippen molar-refractivity contribution in [1.29, 1.82) is 0 Å². The van der Waals surface area contributed by atoms with Crippen molar-refractivity contribution in [2.45, 2.75) is 39.7 Å². The van der Waals surface area contributed by atoms with E-state index in [1.165, 1.54) is 27.1 Å². The molecule has 0 saturated heterocycles. The Balaban J connectivity index is 0.00000300. The monoisotopic (exact) mass is 526 g/mol. The number of carbonyl (C=O) groups is 1. The maximum atomic E-state index is 12.5. The van der Waals surface area contributed by atoms with Crippen LogP contribution in [0.1, 0.15) is 33.6 Å². The molecule has 2 aromatic rings. The van der Waals surface area contributed by atoms with Crippen molar-refractivity contribution >= 4 is 47.2 Å². The van der Waals surface area contributed by atoms with E-state index in [4.69, 9.17) is 0 Å². The van der Waals surface area contributed by atoms with Gasteiger partial charge in [-0.3, -0.25) is 9.79 Å². The fraction of sp³-hybridized carbons (Fsp3) is 0.455. The van der Waals surface area contributed by atoms with Crippen molar-refractivity contribution in [3.8, 4) is 0 Å². The summed E-state index contributed by atoms with van der Waals surface area (Å²) in [6.07, 6.45) is 2.41. The number of rotatable bonds is 6. The number of nitrogens with zero attached hydrogens (tertiary/aromatic N) is 2. The van der Waals surface area contributed by atoms with Crippen LogP contribution in [0, 0.1) is 13.8 Å². The van der Waals surface area contributed by atoms with Crippen molar-refractivity contribution in [3.05, 3.63) is 56.8 Å². The molecule has 2 N–H and O–H groups in total. The van der Waals surface area contributed by atoms with E-state index in [0.29, 0.717) is 13.0 Å². The van der Waals surface area contributed by atoms with Crippen LogP contribution in [0.25, 0.3) is 0 Å². The summed E-state index contributed by atoms with van der Waals surface area (Å²) in [5, 5.41) is 8.71. The summed E-state index contributed by atoms with van der Waals surface area (Å²) in [7, 11) is 1.76. The van der Waals surface area contributed by atoms with Crippen molar-refractivity contribution in [3.63, 3.8) is 0 Å². The van der Waals surface area contributed by atoms with E-state index in [1.807, 2.05) is 4.90 Å². The molecule has 5 nitrogen and oxygen atoms in total. The average molecular weight is 526 g/mol. The minimum atomic E-state index is 0. The van der Waals surface area contributed by atoms with Crippen molar-refractivity contribution in [1.82, 2.24) is 15.5 Å². The zero-order chi connectivity index (χ0) is 19.9. The highest BCUT2D eigenvalue weighted by molar-refractivity contribution is 14.0. The number of benzene rings is 1. The molecular weight excluding hydrogens is 495 g/mol. The van der Waals surface area contributed by atoms with Gasteiger partial charge in [-0.25, -0.2) is 0 Å². The lowest BCUT2D eigenvalue weighted by molar-refractivity contribution is -0.131. The summed E-state index contributed by atoms with van der Waals surface area (Å²) in [6, 6.07) is 8.78. The summed E-state index contributed by atoms with van der Waals surface area (Å²) < 4.78 is 0. The molecular formula is C22H31IN4OS. The van der Waals surface area contributed by atoms with Gasteiger partial charge in [-0.1, -0.05) is 29.3 Å². The second-order valence-corrected chi connectivity index (χ2v) is 8.36. The topological polar surface area (TPSA) is 56.7 Å². The molecule has 158 valence electrons. The normalized spacial score (nSPS) is 13.5. The lowest BCUT2D eigenvalue weighted by Crippen LogP contribution is -2.41. The van der Waals surface area contributed by atoms with E-state index in [9.17, 15) is 4.79 Å². The summed E-state index contributed by atoms with van der Waals surface area (Å²) in [5.74, 6) is 0.950. The van der Waals surface area contributed by atoms with Gasteiger partial charge in [-0.2, -0.15) is 0 Å². The number of hydrogen-bond donors (Lipinski definition) is 2. The van der Waals surface area contributed by atoms with Crippen LogP contribution in [0.15, 0.2) is 34.6 Å². The number of carbonyl (C=O) groups excluding carboxylic acids is 1. The Hall–Kier alpha value is -1.61. The molecule has 1 aliphatic heterocycles. The van der Waals surface area contributed by atoms with Gasteiger partial charge in [-0.15, -0.1) is 35.3 Å². The van der Waals surface area contributed by atoms with E-state index < -0.39 is 0 Å². The van der Waals surface area contributed by atoms with Crippen LogP contribution in [0.4, 0.5) is 0 Å². The fourth-order valence-corrected chi connectivity index (χ4v) is 4.56. The Labute approximate surface area is 195 Å². The first kappa shape index (κ1) is 23.7. The first-order valence-electron chi connectivity index (χ1n) is 9.90. The first-order valence-corrected chi connectivity index (χ1v) is 10.8. The smallest absolute Gasteiger partial charge is 0.224 e. The predicted octanol–water partition coefficient (Wildman–Crippen LogP) is 3.67. The molecule has 0 radical (unpaired) electrons. The number of halogens is 1. The number of aliphatic imine (C=N–C) groups is 1. The Morgan fingerprint density at radius 3 is 2.62 bits per heavy atom. The zero-order valence-corrected chi connectivity index (χ0v) is 20.6. The van der Waals surface area contributed by atoms with Crippen LogP contribution in [0.3, 0.4) is 0 Å². The number of fused-ring (bicyclic) bond motifs is 1. The lowest BCUT2D eigenvalue weighted by Gasteiger charge is -2.27. The zero-order valence-electron chi connectivity index (χ0n) is 17.5. The van der Waals surface area contributed by atoms with Gasteiger partial charge in [0, 0.05) is 44.5 Å². The van der Waals surface area contributed by atoms with Gasteiger partial charge in [0.1, 0.15) is 0 Å². The van der Waals surface area contributed by atoms with Crippen LogP contribution in [0.5, 0.6) is 0 Å². The number of aryl methyl sites for hydroxylation is 2. The highest BCUT2D eigenvalue weighted by Crippen LogP contribution is 2.24. The molecule has 1 aliphatic rings. The second-order valence-electron chi connectivity index (χ2n) is 7.36. The van der Waals surface area contributed by atoms with Gasteiger partial charge >= 0.3 is 0 Å². The molecule has 2 heterocycles. The molecule has 0 spiro atoms. The third-order valence-corrected chi connectivity index (χ3v) is 6.03. The molecule has 1 amide bonds. The third kappa shape index (κ3) is 6.99. The highest BCUT2D eigenvalue weighted by Gasteiger charge is 2.20. The maximum absolute atomic E-state index is 12.5. The fourth-order valence-electron chi connectivity index (χ4n) is 3.67. The quantitative estimate of drug-likeness (QED) is 0.343. The maximum Gasteiger partial charge on any atom is 0.224 e. The molecule has 1 aromatic carbocycles. The van der Waals surface area contributed by atoms with Gasteiger partial charge in [0.15, 0.2) is 5.96 Å². The molecule has 3 rings (SSSR count). The van der Waals surface area contributed by atoms with Gasteiger partial charge in [0.25, 0.3) is 0 Å². The van der Waals surface area contributed by atoms with E-state index in [-0.39, 0.29) is 29.9 Å². The second kappa shape index (κ2) is 11.5. The van der Waals surface area contributed by atoms with E-state index in [0.717, 1.165) is 38.4 Å². The number of hydrogen-bond acceptors (Lipinski definition) is 3. The van der Waals surface area contributed by atoms with Crippen molar-refractivity contribution < 1.29 is 4.79 Å². The first-order chi connectivity index (χ1) is 13.5. The van der Waals surface area contributed by atoms with Crippen LogP contribution < -0.4 is 10.6 Å². The molecule has 0 atom stereocenters. The van der Waals surface area contributed by atoms with Crippen molar-refractivity contribution in [2.24, 2.45) is 4.99 Å². The van der Waals surface area contributed by atoms with Crippen LogP contribution in [0.2, 0.25) is 0 Å². The SMILES string of the molecule is CN=C(NCCC(=O)N1CCc2sccc2C1)NCCc1cc(C)cc(C)c1.I. The summed E-state index contributed by atoms with van der Waals surface area (Å²) in [6.45, 7) is 7.24. The van der Waals surface area contributed by atoms with Crippen LogP contribution in [-0.2, 0) is 24.2 Å². The largest absolute Gasteiger partial charge is 0.356 e. The van der Waals surface area contributed by atoms with E-state index >= 15 is 0 Å². The van der Waals surface area contributed by atoms with E-state index in [1.54, 1.807) is 18.4 Å². The van der Waals surface area contributed by atoms with Crippen molar-refractivity contribution in [2.75, 3.05) is 26.7 Å². The Kier molecular flexibility index (Phi) is 9.42. The molecule has 0 unspecified atom stereocenters. The number of amides is 1. The average Bonchev–Trinajstić information content (AvgIpc) is 3.13.